The molecule has 6 heteroatoms. The van der Waals surface area contributed by atoms with Crippen LogP contribution in [0, 0.1) is 11.2 Å². The molecule has 3 rings (SSSR count). The minimum atomic E-state index is -0.351. The molecule has 1 saturated carbocycles. The van der Waals surface area contributed by atoms with E-state index in [1.165, 1.54) is 6.07 Å². The Bertz CT molecular complexity index is 596. The van der Waals surface area contributed by atoms with Crippen molar-refractivity contribution in [1.82, 2.24) is 10.2 Å². The van der Waals surface area contributed by atoms with Gasteiger partial charge in [0.05, 0.1) is 12.3 Å². The van der Waals surface area contributed by atoms with Gasteiger partial charge in [-0.3, -0.25) is 4.79 Å². The number of halogens is 1. The van der Waals surface area contributed by atoms with Crippen molar-refractivity contribution in [1.29, 1.82) is 0 Å². The summed E-state index contributed by atoms with van der Waals surface area (Å²) < 4.78 is 14.5. The minimum Gasteiger partial charge on any atom is -0.396 e. The number of nitrogens with one attached hydrogen (secondary N) is 1. The van der Waals surface area contributed by atoms with Crippen molar-refractivity contribution < 1.29 is 14.3 Å². The lowest BCUT2D eigenvalue weighted by Gasteiger charge is -2.35. The molecule has 0 radical (unpaired) electrons. The largest absolute Gasteiger partial charge is 0.396 e. The van der Waals surface area contributed by atoms with E-state index in [1.807, 2.05) is 4.90 Å². The fraction of sp³-hybridized carbons (Fsp3) is 0.611. The minimum absolute atomic E-state index is 0.0876. The zero-order valence-corrected chi connectivity index (χ0v) is 14.2. The number of amides is 1. The van der Waals surface area contributed by atoms with Gasteiger partial charge in [-0.05, 0) is 37.6 Å². The Kier molecular flexibility index (Phi) is 5.06. The highest BCUT2D eigenvalue weighted by atomic mass is 19.1. The number of carbonyl (C=O) groups excluding carboxylic acids is 1. The molecule has 0 bridgehead atoms. The molecule has 5 nitrogen and oxygen atoms in total. The van der Waals surface area contributed by atoms with Gasteiger partial charge in [0.2, 0.25) is 0 Å². The van der Waals surface area contributed by atoms with Gasteiger partial charge in [-0.25, -0.2) is 4.39 Å². The number of benzene rings is 1. The molecule has 0 atom stereocenters. The molecule has 0 spiro atoms. The number of hydrogen-bond donors (Lipinski definition) is 2. The van der Waals surface area contributed by atoms with Crippen molar-refractivity contribution in [3.05, 3.63) is 29.6 Å². The number of nitrogens with zero attached hydrogens (tertiary/aromatic N) is 2. The van der Waals surface area contributed by atoms with Crippen LogP contribution in [0.3, 0.4) is 0 Å². The molecule has 1 aliphatic heterocycles. The Morgan fingerprint density at radius 1 is 1.29 bits per heavy atom. The number of aliphatic hydroxyl groups excluding tert-OH is 1. The Hall–Kier alpha value is -1.66. The molecule has 132 valence electrons. The zero-order valence-electron chi connectivity index (χ0n) is 14.2. The van der Waals surface area contributed by atoms with Crippen LogP contribution >= 0.6 is 0 Å². The second kappa shape index (κ2) is 7.07. The molecular formula is C18H26FN3O2. The second-order valence-electron chi connectivity index (χ2n) is 6.93. The van der Waals surface area contributed by atoms with Gasteiger partial charge in [0.25, 0.3) is 5.91 Å². The summed E-state index contributed by atoms with van der Waals surface area (Å²) in [4.78, 5) is 16.6. The number of aliphatic hydroxyl groups is 1. The van der Waals surface area contributed by atoms with Crippen molar-refractivity contribution in [3.63, 3.8) is 0 Å². The van der Waals surface area contributed by atoms with Crippen molar-refractivity contribution in [2.75, 3.05) is 50.8 Å². The average Bonchev–Trinajstić information content (AvgIpc) is 3.40. The Labute approximate surface area is 142 Å². The monoisotopic (exact) mass is 335 g/mol. The van der Waals surface area contributed by atoms with Crippen LogP contribution in [0.4, 0.5) is 10.1 Å². The van der Waals surface area contributed by atoms with E-state index in [4.69, 9.17) is 0 Å². The van der Waals surface area contributed by atoms with Gasteiger partial charge in [-0.1, -0.05) is 6.92 Å². The van der Waals surface area contributed by atoms with E-state index in [0.717, 1.165) is 45.6 Å². The van der Waals surface area contributed by atoms with Crippen LogP contribution in [0.15, 0.2) is 18.2 Å². The first-order chi connectivity index (χ1) is 11.6. The molecule has 1 heterocycles. The summed E-state index contributed by atoms with van der Waals surface area (Å²) in [7, 11) is 0. The van der Waals surface area contributed by atoms with Crippen LogP contribution in [-0.2, 0) is 0 Å². The van der Waals surface area contributed by atoms with Gasteiger partial charge >= 0.3 is 0 Å². The van der Waals surface area contributed by atoms with Gasteiger partial charge in [-0.15, -0.1) is 0 Å². The summed E-state index contributed by atoms with van der Waals surface area (Å²) in [5.74, 6) is -0.633. The van der Waals surface area contributed by atoms with E-state index in [9.17, 15) is 14.3 Å². The summed E-state index contributed by atoms with van der Waals surface area (Å²) in [5.41, 5.74) is 0.751. The molecule has 0 unspecified atom stereocenters. The van der Waals surface area contributed by atoms with Crippen LogP contribution in [0.25, 0.3) is 0 Å². The first-order valence-corrected chi connectivity index (χ1v) is 8.73. The number of likely N-dealkylation sites (N-methyl/N-ethyl adjacent to an activating group) is 1. The second-order valence-corrected chi connectivity index (χ2v) is 6.93. The highest BCUT2D eigenvalue weighted by Crippen LogP contribution is 2.44. The zero-order chi connectivity index (χ0) is 17.2. The molecule has 2 fully saturated rings. The number of carbonyl (C=O) groups is 1. The van der Waals surface area contributed by atoms with Crippen LogP contribution in [0.2, 0.25) is 0 Å². The lowest BCUT2D eigenvalue weighted by Crippen LogP contribution is -2.46. The summed E-state index contributed by atoms with van der Waals surface area (Å²) in [5, 5.41) is 12.1. The lowest BCUT2D eigenvalue weighted by atomic mass is 10.1. The number of rotatable bonds is 6. The average molecular weight is 335 g/mol. The Morgan fingerprint density at radius 3 is 2.54 bits per heavy atom. The van der Waals surface area contributed by atoms with Crippen LogP contribution in [-0.4, -0.2) is 61.8 Å². The molecule has 2 aliphatic rings. The molecule has 1 amide bonds. The highest BCUT2D eigenvalue weighted by Gasteiger charge is 2.42. The van der Waals surface area contributed by atoms with Crippen LogP contribution in [0.1, 0.15) is 30.1 Å². The topological polar surface area (TPSA) is 55.8 Å². The number of piperazine rings is 1. The predicted molar refractivity (Wildman–Crippen MR) is 91.8 cm³/mol. The summed E-state index contributed by atoms with van der Waals surface area (Å²) in [6, 6.07) is 4.69. The Balaban J connectivity index is 1.61. The third-order valence-corrected chi connectivity index (χ3v) is 5.29. The molecule has 1 saturated heterocycles. The maximum atomic E-state index is 14.5. The SMILES string of the molecule is CCN1CCN(c2ccc(C(=O)NCC3(CO)CC3)cc2F)CC1. The molecular weight excluding hydrogens is 309 g/mol. The molecule has 1 aromatic rings. The maximum Gasteiger partial charge on any atom is 0.251 e. The summed E-state index contributed by atoms with van der Waals surface area (Å²) >= 11 is 0. The van der Waals surface area contributed by atoms with Crippen molar-refractivity contribution in [3.8, 4) is 0 Å². The molecule has 1 aromatic carbocycles. The fourth-order valence-corrected chi connectivity index (χ4v) is 3.15. The summed E-state index contributed by atoms with van der Waals surface area (Å²) in [6.07, 6.45) is 1.86. The van der Waals surface area contributed by atoms with Gasteiger partial charge in [0, 0.05) is 43.7 Å². The van der Waals surface area contributed by atoms with Gasteiger partial charge < -0.3 is 20.2 Å². The fourth-order valence-electron chi connectivity index (χ4n) is 3.15. The van der Waals surface area contributed by atoms with E-state index in [0.29, 0.717) is 17.8 Å². The highest BCUT2D eigenvalue weighted by molar-refractivity contribution is 5.94. The van der Waals surface area contributed by atoms with E-state index >= 15 is 0 Å². The molecule has 0 aromatic heterocycles. The van der Waals surface area contributed by atoms with Gasteiger partial charge in [0.15, 0.2) is 0 Å². The number of anilines is 1. The molecule has 2 N–H and O–H groups in total. The van der Waals surface area contributed by atoms with Crippen molar-refractivity contribution in [2.45, 2.75) is 19.8 Å². The van der Waals surface area contributed by atoms with Crippen LogP contribution in [0.5, 0.6) is 0 Å². The number of hydrogen-bond acceptors (Lipinski definition) is 4. The normalized spacial score (nSPS) is 20.0. The van der Waals surface area contributed by atoms with Crippen molar-refractivity contribution >= 4 is 11.6 Å². The Morgan fingerprint density at radius 2 is 2.00 bits per heavy atom. The summed E-state index contributed by atoms with van der Waals surface area (Å²) in [6.45, 7) is 7.15. The van der Waals surface area contributed by atoms with E-state index in [1.54, 1.807) is 12.1 Å². The van der Waals surface area contributed by atoms with Crippen LogP contribution < -0.4 is 10.2 Å². The van der Waals surface area contributed by atoms with Crippen molar-refractivity contribution in [2.24, 2.45) is 5.41 Å². The molecule has 1 aliphatic carbocycles. The predicted octanol–water partition coefficient (Wildman–Crippen LogP) is 1.47. The van der Waals surface area contributed by atoms with Gasteiger partial charge in [-0.2, -0.15) is 0 Å². The first-order valence-electron chi connectivity index (χ1n) is 8.73. The van der Waals surface area contributed by atoms with E-state index < -0.39 is 0 Å². The quantitative estimate of drug-likeness (QED) is 0.827. The third kappa shape index (κ3) is 3.70. The molecule has 24 heavy (non-hydrogen) atoms. The van der Waals surface area contributed by atoms with E-state index in [-0.39, 0.29) is 23.7 Å². The smallest absolute Gasteiger partial charge is 0.251 e. The van der Waals surface area contributed by atoms with Gasteiger partial charge in [0.1, 0.15) is 5.82 Å². The third-order valence-electron chi connectivity index (χ3n) is 5.29. The van der Waals surface area contributed by atoms with E-state index in [2.05, 4.69) is 17.1 Å². The maximum absolute atomic E-state index is 14.5. The lowest BCUT2D eigenvalue weighted by molar-refractivity contribution is 0.0935. The standard InChI is InChI=1S/C18H26FN3O2/c1-2-21-7-9-22(10-8-21)16-4-3-14(11-15(16)19)17(24)20-12-18(13-23)5-6-18/h3-4,11,23H,2,5-10,12-13H2,1H3,(H,20,24). The first kappa shape index (κ1) is 17.2.